The first-order valence-electron chi connectivity index (χ1n) is 10.8. The SMILES string of the molecule is CCOC(=O)C1=CC2(CCC1S(=O)(=O)C1CCc3cc(F)cc(Br)c31)O[C@@H](CO)[C@H](CO)O2. The van der Waals surface area contributed by atoms with Gasteiger partial charge in [0.2, 0.25) is 0 Å². The number of benzene rings is 1. The fourth-order valence-corrected chi connectivity index (χ4v) is 8.30. The first-order valence-corrected chi connectivity index (χ1v) is 13.2. The Hall–Kier alpha value is -1.37. The Bertz CT molecular complexity index is 1060. The summed E-state index contributed by atoms with van der Waals surface area (Å²) in [5.74, 6) is -2.67. The highest BCUT2D eigenvalue weighted by Crippen LogP contribution is 2.48. The Labute approximate surface area is 199 Å². The topological polar surface area (TPSA) is 119 Å². The van der Waals surface area contributed by atoms with E-state index in [1.165, 1.54) is 18.2 Å². The zero-order valence-corrected chi connectivity index (χ0v) is 20.4. The molecule has 11 heteroatoms. The van der Waals surface area contributed by atoms with Crippen LogP contribution in [-0.4, -0.2) is 67.7 Å². The molecule has 8 nitrogen and oxygen atoms in total. The van der Waals surface area contributed by atoms with Gasteiger partial charge in [0.1, 0.15) is 18.0 Å². The second-order valence-electron chi connectivity index (χ2n) is 8.41. The molecule has 1 heterocycles. The van der Waals surface area contributed by atoms with Crippen LogP contribution >= 0.6 is 15.9 Å². The monoisotopic (exact) mass is 548 g/mol. The number of sulfone groups is 1. The number of aryl methyl sites for hydroxylation is 1. The van der Waals surface area contributed by atoms with Gasteiger partial charge in [-0.3, -0.25) is 0 Å². The molecule has 2 unspecified atom stereocenters. The molecule has 0 aromatic heterocycles. The van der Waals surface area contributed by atoms with Crippen molar-refractivity contribution in [2.75, 3.05) is 19.8 Å². The lowest BCUT2D eigenvalue weighted by molar-refractivity contribution is -0.154. The van der Waals surface area contributed by atoms with Gasteiger partial charge < -0.3 is 24.4 Å². The van der Waals surface area contributed by atoms with Crippen molar-refractivity contribution >= 4 is 31.7 Å². The number of hydrogen-bond donors (Lipinski definition) is 2. The lowest BCUT2D eigenvalue weighted by atomic mass is 9.94. The average molecular weight is 549 g/mol. The van der Waals surface area contributed by atoms with E-state index in [4.69, 9.17) is 14.2 Å². The smallest absolute Gasteiger partial charge is 0.335 e. The van der Waals surface area contributed by atoms with Crippen LogP contribution in [0, 0.1) is 5.82 Å². The van der Waals surface area contributed by atoms with Crippen LogP contribution < -0.4 is 0 Å². The number of hydrogen-bond acceptors (Lipinski definition) is 8. The number of aliphatic hydroxyl groups excluding tert-OH is 2. The maximum atomic E-state index is 13.8. The zero-order chi connectivity index (χ0) is 24.0. The normalized spacial score (nSPS) is 28.6. The van der Waals surface area contributed by atoms with E-state index in [0.717, 1.165) is 0 Å². The van der Waals surface area contributed by atoms with Gasteiger partial charge in [0.25, 0.3) is 0 Å². The molecule has 1 aliphatic heterocycles. The summed E-state index contributed by atoms with van der Waals surface area (Å²) in [5.41, 5.74) is 1.06. The Kier molecular flexibility index (Phi) is 7.01. The summed E-state index contributed by atoms with van der Waals surface area (Å²) in [5, 5.41) is 17.0. The second-order valence-corrected chi connectivity index (χ2v) is 11.6. The quantitative estimate of drug-likeness (QED) is 0.518. The largest absolute Gasteiger partial charge is 0.463 e. The van der Waals surface area contributed by atoms with E-state index in [1.807, 2.05) is 0 Å². The Balaban J connectivity index is 1.73. The van der Waals surface area contributed by atoms with E-state index in [1.54, 1.807) is 6.92 Å². The average Bonchev–Trinajstić information content (AvgIpc) is 3.35. The maximum Gasteiger partial charge on any atom is 0.335 e. The zero-order valence-electron chi connectivity index (χ0n) is 18.0. The first-order chi connectivity index (χ1) is 15.7. The molecule has 0 bridgehead atoms. The lowest BCUT2D eigenvalue weighted by Gasteiger charge is -2.34. The number of carbonyl (C=O) groups is 1. The molecule has 0 radical (unpaired) electrons. The van der Waals surface area contributed by atoms with Crippen LogP contribution in [0.1, 0.15) is 42.6 Å². The first kappa shape index (κ1) is 24.7. The molecular formula is C22H26BrFO8S. The van der Waals surface area contributed by atoms with Gasteiger partial charge in [0.15, 0.2) is 15.6 Å². The predicted molar refractivity (Wildman–Crippen MR) is 118 cm³/mol. The van der Waals surface area contributed by atoms with Crippen molar-refractivity contribution in [3.8, 4) is 0 Å². The molecule has 33 heavy (non-hydrogen) atoms. The summed E-state index contributed by atoms with van der Waals surface area (Å²) in [6, 6.07) is 2.59. The third-order valence-electron chi connectivity index (χ3n) is 6.44. The summed E-state index contributed by atoms with van der Waals surface area (Å²) < 4.78 is 58.6. The fourth-order valence-electron chi connectivity index (χ4n) is 4.99. The maximum absolute atomic E-state index is 13.8. The molecule has 4 rings (SSSR count). The predicted octanol–water partition coefficient (Wildman–Crippen LogP) is 2.11. The third kappa shape index (κ3) is 4.39. The molecule has 1 aromatic carbocycles. The van der Waals surface area contributed by atoms with Crippen LogP contribution in [0.25, 0.3) is 0 Å². The van der Waals surface area contributed by atoms with Gasteiger partial charge in [-0.2, -0.15) is 0 Å². The van der Waals surface area contributed by atoms with Crippen molar-refractivity contribution in [3.63, 3.8) is 0 Å². The Morgan fingerprint density at radius 1 is 1.21 bits per heavy atom. The fraction of sp³-hybridized carbons (Fsp3) is 0.591. The van der Waals surface area contributed by atoms with Crippen molar-refractivity contribution < 1.29 is 42.0 Å². The molecule has 4 atom stereocenters. The van der Waals surface area contributed by atoms with E-state index in [0.29, 0.717) is 22.0 Å². The number of aliphatic hydroxyl groups is 2. The summed E-state index contributed by atoms with van der Waals surface area (Å²) in [7, 11) is -3.94. The Morgan fingerprint density at radius 3 is 2.48 bits per heavy atom. The molecule has 182 valence electrons. The van der Waals surface area contributed by atoms with Gasteiger partial charge in [-0.1, -0.05) is 15.9 Å². The highest BCUT2D eigenvalue weighted by molar-refractivity contribution is 9.10. The van der Waals surface area contributed by atoms with E-state index < -0.39 is 63.3 Å². The van der Waals surface area contributed by atoms with Gasteiger partial charge in [-0.25, -0.2) is 17.6 Å². The highest BCUT2D eigenvalue weighted by atomic mass is 79.9. The molecule has 2 N–H and O–H groups in total. The number of halogens is 2. The van der Waals surface area contributed by atoms with Gasteiger partial charge in [-0.05, 0) is 55.5 Å². The van der Waals surface area contributed by atoms with Gasteiger partial charge >= 0.3 is 5.97 Å². The van der Waals surface area contributed by atoms with E-state index >= 15 is 0 Å². The minimum absolute atomic E-state index is 0.0218. The standard InChI is InChI=1S/C22H26BrFO8S/c1-2-30-21(27)14-9-22(31-16(10-25)17(11-26)32-22)6-5-18(14)33(28,29)19-4-3-12-7-13(24)8-15(23)20(12)19/h7-9,16-19,25-26H,2-6,10-11H2,1H3/t16-,17-,18?,19?/m0/s1. The van der Waals surface area contributed by atoms with Gasteiger partial charge in [-0.15, -0.1) is 0 Å². The van der Waals surface area contributed by atoms with Crippen LogP contribution in [-0.2, 0) is 35.3 Å². The summed E-state index contributed by atoms with van der Waals surface area (Å²) in [6.07, 6.45) is 0.526. The number of fused-ring (bicyclic) bond motifs is 1. The van der Waals surface area contributed by atoms with Crippen molar-refractivity contribution in [2.45, 2.75) is 61.1 Å². The highest BCUT2D eigenvalue weighted by Gasteiger charge is 2.53. The number of esters is 1. The van der Waals surface area contributed by atoms with Crippen LogP contribution in [0.5, 0.6) is 0 Å². The lowest BCUT2D eigenvalue weighted by Crippen LogP contribution is -2.42. The molecule has 1 saturated heterocycles. The van der Waals surface area contributed by atoms with Crippen LogP contribution in [0.4, 0.5) is 4.39 Å². The molecule has 0 saturated carbocycles. The van der Waals surface area contributed by atoms with E-state index in [9.17, 15) is 27.8 Å². The number of rotatable bonds is 6. The summed E-state index contributed by atoms with van der Waals surface area (Å²) >= 11 is 3.30. The molecule has 2 aliphatic carbocycles. The van der Waals surface area contributed by atoms with E-state index in [-0.39, 0.29) is 31.4 Å². The number of carbonyl (C=O) groups excluding carboxylic acids is 1. The van der Waals surface area contributed by atoms with Crippen molar-refractivity contribution in [1.29, 1.82) is 0 Å². The second kappa shape index (κ2) is 9.35. The summed E-state index contributed by atoms with van der Waals surface area (Å²) in [4.78, 5) is 12.8. The van der Waals surface area contributed by atoms with Gasteiger partial charge in [0, 0.05) is 10.9 Å². The molecule has 0 amide bonds. The van der Waals surface area contributed by atoms with Crippen molar-refractivity contribution in [2.24, 2.45) is 0 Å². The molecular weight excluding hydrogens is 523 g/mol. The van der Waals surface area contributed by atoms with Crippen molar-refractivity contribution in [3.05, 3.63) is 45.2 Å². The van der Waals surface area contributed by atoms with Crippen molar-refractivity contribution in [1.82, 2.24) is 0 Å². The third-order valence-corrected chi connectivity index (χ3v) is 9.64. The van der Waals surface area contributed by atoms with Crippen LogP contribution in [0.3, 0.4) is 0 Å². The van der Waals surface area contributed by atoms with Crippen LogP contribution in [0.15, 0.2) is 28.3 Å². The van der Waals surface area contributed by atoms with Crippen LogP contribution in [0.2, 0.25) is 0 Å². The minimum Gasteiger partial charge on any atom is -0.463 e. The van der Waals surface area contributed by atoms with E-state index in [2.05, 4.69) is 15.9 Å². The molecule has 1 spiro atoms. The summed E-state index contributed by atoms with van der Waals surface area (Å²) in [6.45, 7) is 0.861. The minimum atomic E-state index is -3.94. The van der Waals surface area contributed by atoms with Gasteiger partial charge in [0.05, 0.1) is 35.9 Å². The number of ether oxygens (including phenoxy) is 3. The molecule has 1 fully saturated rings. The Morgan fingerprint density at radius 2 is 1.88 bits per heavy atom. The molecule has 3 aliphatic rings. The molecule has 1 aromatic rings.